The molecule has 0 bridgehead atoms. The van der Waals surface area contributed by atoms with E-state index in [9.17, 15) is 0 Å². The van der Waals surface area contributed by atoms with Gasteiger partial charge in [0.2, 0.25) is 0 Å². The summed E-state index contributed by atoms with van der Waals surface area (Å²) in [6, 6.07) is 8.62. The molecule has 1 heteroatoms. The molecule has 1 radical (unpaired) electrons. The van der Waals surface area contributed by atoms with E-state index in [0.29, 0.717) is 0 Å². The van der Waals surface area contributed by atoms with Crippen molar-refractivity contribution in [2.45, 2.75) is 13.8 Å². The van der Waals surface area contributed by atoms with Crippen LogP contribution in [0.2, 0.25) is 0 Å². The molecule has 0 fully saturated rings. The van der Waals surface area contributed by atoms with Gasteiger partial charge in [-0.3, -0.25) is 0 Å². The molecule has 55 valence electrons. The van der Waals surface area contributed by atoms with Crippen LogP contribution in [-0.2, 0) is 0 Å². The first-order valence-corrected chi connectivity index (χ1v) is 4.67. The fourth-order valence-corrected chi connectivity index (χ4v) is 2.52. The lowest BCUT2D eigenvalue weighted by Gasteiger charge is -1.96. The van der Waals surface area contributed by atoms with Crippen molar-refractivity contribution < 1.29 is 0 Å². The van der Waals surface area contributed by atoms with Gasteiger partial charge in [0.1, 0.15) is 0 Å². The van der Waals surface area contributed by atoms with Gasteiger partial charge in [-0.05, 0) is 44.2 Å². The second kappa shape index (κ2) is 2.46. The van der Waals surface area contributed by atoms with Crippen molar-refractivity contribution in [2.75, 3.05) is 0 Å². The maximum atomic E-state index is 2.21. The third kappa shape index (κ3) is 1.02. The Morgan fingerprint density at radius 3 is 2.55 bits per heavy atom. The summed E-state index contributed by atoms with van der Waals surface area (Å²) in [4.78, 5) is 0. The van der Waals surface area contributed by atoms with Gasteiger partial charge in [-0.2, -0.15) is 0 Å². The molecule has 11 heavy (non-hydrogen) atoms. The van der Waals surface area contributed by atoms with Crippen molar-refractivity contribution in [3.63, 3.8) is 0 Å². The van der Waals surface area contributed by atoms with Gasteiger partial charge in [0.25, 0.3) is 0 Å². The van der Waals surface area contributed by atoms with Crippen LogP contribution in [0.25, 0.3) is 5.57 Å². The molecule has 0 aliphatic carbocycles. The predicted octanol–water partition coefficient (Wildman–Crippen LogP) is 3.02. The molecular formula is C10H10P. The largest absolute Gasteiger partial charge is 0.0616 e. The van der Waals surface area contributed by atoms with Crippen LogP contribution < -0.4 is 5.30 Å². The summed E-state index contributed by atoms with van der Waals surface area (Å²) in [5.41, 5.74) is 2.90. The molecule has 0 saturated heterocycles. The van der Waals surface area contributed by atoms with E-state index in [1.807, 2.05) is 0 Å². The second-order valence-corrected chi connectivity index (χ2v) is 4.22. The lowest BCUT2D eigenvalue weighted by atomic mass is 10.1. The Morgan fingerprint density at radius 2 is 1.82 bits per heavy atom. The van der Waals surface area contributed by atoms with Crippen molar-refractivity contribution in [1.82, 2.24) is 0 Å². The van der Waals surface area contributed by atoms with E-state index >= 15 is 0 Å². The number of hydrogen-bond acceptors (Lipinski definition) is 0. The molecule has 1 aromatic rings. The topological polar surface area (TPSA) is 0 Å². The van der Waals surface area contributed by atoms with Crippen molar-refractivity contribution in [2.24, 2.45) is 0 Å². The highest BCUT2D eigenvalue weighted by Crippen LogP contribution is 2.38. The lowest BCUT2D eigenvalue weighted by Crippen LogP contribution is -1.94. The molecule has 0 unspecified atom stereocenters. The normalized spacial score (nSPS) is 17.6. The van der Waals surface area contributed by atoms with E-state index in [-0.39, 0.29) is 0 Å². The standard InChI is InChI=1S/C10H10P/c1-7-8(2)11-10-6-4-3-5-9(7)10/h3-6H,1-2H3. The fraction of sp³-hybridized carbons (Fsp3) is 0.200. The number of benzene rings is 1. The van der Waals surface area contributed by atoms with Crippen LogP contribution >= 0.6 is 8.58 Å². The van der Waals surface area contributed by atoms with Gasteiger partial charge in [-0.15, -0.1) is 0 Å². The molecule has 1 aliphatic rings. The van der Waals surface area contributed by atoms with Gasteiger partial charge >= 0.3 is 0 Å². The van der Waals surface area contributed by atoms with Gasteiger partial charge in [-0.1, -0.05) is 24.3 Å². The minimum absolute atomic E-state index is 1.40. The Balaban J connectivity index is 2.60. The molecule has 0 spiro atoms. The maximum Gasteiger partial charge on any atom is -0.00743 e. The Labute approximate surface area is 69.1 Å². The number of allylic oxidation sites excluding steroid dienone is 2. The summed E-state index contributed by atoms with van der Waals surface area (Å²) in [6.45, 7) is 4.41. The number of fused-ring (bicyclic) bond motifs is 1. The van der Waals surface area contributed by atoms with Gasteiger partial charge < -0.3 is 0 Å². The van der Waals surface area contributed by atoms with Crippen LogP contribution in [0.3, 0.4) is 0 Å². The summed E-state index contributed by atoms with van der Waals surface area (Å²) in [5.74, 6) is 0. The van der Waals surface area contributed by atoms with Crippen LogP contribution in [0.1, 0.15) is 19.4 Å². The molecule has 0 N–H and O–H groups in total. The van der Waals surface area contributed by atoms with Gasteiger partial charge in [0.15, 0.2) is 0 Å². The van der Waals surface area contributed by atoms with Crippen LogP contribution in [0.15, 0.2) is 29.6 Å². The quantitative estimate of drug-likeness (QED) is 0.513. The third-order valence-electron chi connectivity index (χ3n) is 2.14. The lowest BCUT2D eigenvalue weighted by molar-refractivity contribution is 1.58. The van der Waals surface area contributed by atoms with Crippen molar-refractivity contribution in [1.29, 1.82) is 0 Å². The zero-order chi connectivity index (χ0) is 7.84. The molecule has 0 saturated carbocycles. The van der Waals surface area contributed by atoms with E-state index in [2.05, 4.69) is 38.1 Å². The highest BCUT2D eigenvalue weighted by molar-refractivity contribution is 7.53. The first kappa shape index (κ1) is 7.06. The van der Waals surface area contributed by atoms with Crippen molar-refractivity contribution in [3.8, 4) is 0 Å². The van der Waals surface area contributed by atoms with Crippen molar-refractivity contribution >= 4 is 19.5 Å². The Bertz CT molecular complexity index is 323. The molecule has 0 aromatic heterocycles. The van der Waals surface area contributed by atoms with Gasteiger partial charge in [0.05, 0.1) is 0 Å². The molecule has 2 rings (SSSR count). The summed E-state index contributed by atoms with van der Waals surface area (Å²) >= 11 is 0. The van der Waals surface area contributed by atoms with E-state index < -0.39 is 0 Å². The minimum Gasteiger partial charge on any atom is -0.0616 e. The average molecular weight is 161 g/mol. The SMILES string of the molecule is CC1=C(C)c2ccccc2[P]1. The molecular weight excluding hydrogens is 151 g/mol. The van der Waals surface area contributed by atoms with Gasteiger partial charge in [-0.25, -0.2) is 0 Å². The predicted molar refractivity (Wildman–Crippen MR) is 51.3 cm³/mol. The van der Waals surface area contributed by atoms with Crippen LogP contribution in [-0.4, -0.2) is 0 Å². The number of hydrogen-bond donors (Lipinski definition) is 0. The van der Waals surface area contributed by atoms with Crippen molar-refractivity contribution in [3.05, 3.63) is 35.1 Å². The summed E-state index contributed by atoms with van der Waals surface area (Å²) in [7, 11) is 1.40. The van der Waals surface area contributed by atoms with E-state index in [0.717, 1.165) is 0 Å². The maximum absolute atomic E-state index is 2.21. The van der Waals surface area contributed by atoms with E-state index in [4.69, 9.17) is 0 Å². The first-order valence-electron chi connectivity index (χ1n) is 3.77. The average Bonchev–Trinajstić information content (AvgIpc) is 2.30. The second-order valence-electron chi connectivity index (χ2n) is 2.84. The monoisotopic (exact) mass is 161 g/mol. The fourth-order valence-electron chi connectivity index (χ4n) is 1.35. The Kier molecular flexibility index (Phi) is 1.58. The van der Waals surface area contributed by atoms with E-state index in [1.165, 1.54) is 30.3 Å². The molecule has 1 aliphatic heterocycles. The first-order chi connectivity index (χ1) is 5.29. The summed E-state index contributed by atoms with van der Waals surface area (Å²) in [5, 5.41) is 2.95. The van der Waals surface area contributed by atoms with Crippen LogP contribution in [0, 0.1) is 0 Å². The molecule has 1 heterocycles. The summed E-state index contributed by atoms with van der Waals surface area (Å²) in [6.07, 6.45) is 0. The smallest absolute Gasteiger partial charge is 0.00743 e. The zero-order valence-electron chi connectivity index (χ0n) is 6.76. The summed E-state index contributed by atoms with van der Waals surface area (Å²) < 4.78 is 0. The van der Waals surface area contributed by atoms with E-state index in [1.54, 1.807) is 0 Å². The van der Waals surface area contributed by atoms with Gasteiger partial charge in [0, 0.05) is 0 Å². The highest BCUT2D eigenvalue weighted by atomic mass is 31.1. The third-order valence-corrected chi connectivity index (χ3v) is 3.44. The zero-order valence-corrected chi connectivity index (χ0v) is 7.65. The Morgan fingerprint density at radius 1 is 1.09 bits per heavy atom. The molecule has 0 atom stereocenters. The number of rotatable bonds is 0. The molecule has 1 aromatic carbocycles. The van der Waals surface area contributed by atoms with Crippen LogP contribution in [0.4, 0.5) is 0 Å². The minimum atomic E-state index is 1.40. The van der Waals surface area contributed by atoms with Crippen LogP contribution in [0.5, 0.6) is 0 Å². The molecule has 0 amide bonds. The molecule has 0 nitrogen and oxygen atoms in total. The Hall–Kier alpha value is -0.610. The highest BCUT2D eigenvalue weighted by Gasteiger charge is 2.14.